The zero-order valence-electron chi connectivity index (χ0n) is 9.58. The monoisotopic (exact) mass is 242 g/mol. The number of benzene rings is 1. The van der Waals surface area contributed by atoms with E-state index in [1.54, 1.807) is 29.1 Å². The Balaban J connectivity index is 2.23. The van der Waals surface area contributed by atoms with Crippen LogP contribution >= 0.6 is 0 Å². The first-order valence-corrected chi connectivity index (χ1v) is 5.35. The summed E-state index contributed by atoms with van der Waals surface area (Å²) in [5.41, 5.74) is 2.61. The van der Waals surface area contributed by atoms with E-state index in [4.69, 9.17) is 5.11 Å². The zero-order chi connectivity index (χ0) is 12.7. The Hall–Kier alpha value is -2.63. The molecule has 0 aliphatic heterocycles. The number of carboxylic acids is 1. The van der Waals surface area contributed by atoms with Crippen LogP contribution < -0.4 is 0 Å². The van der Waals surface area contributed by atoms with Crippen molar-refractivity contribution in [2.75, 3.05) is 0 Å². The number of hydrogen-bond acceptors (Lipinski definition) is 3. The van der Waals surface area contributed by atoms with E-state index in [-0.39, 0.29) is 5.56 Å². The van der Waals surface area contributed by atoms with E-state index in [0.717, 1.165) is 16.5 Å². The SMILES string of the molecule is Cn1cc(-c2n[nH]c3ccc(C(=O)O)cc23)cn1. The van der Waals surface area contributed by atoms with E-state index in [9.17, 15) is 4.79 Å². The predicted molar refractivity (Wildman–Crippen MR) is 65.3 cm³/mol. The van der Waals surface area contributed by atoms with Crippen molar-refractivity contribution in [2.45, 2.75) is 0 Å². The number of carbonyl (C=O) groups is 1. The third kappa shape index (κ3) is 1.55. The maximum atomic E-state index is 11.0. The van der Waals surface area contributed by atoms with E-state index < -0.39 is 5.97 Å². The minimum atomic E-state index is -0.949. The maximum Gasteiger partial charge on any atom is 0.335 e. The highest BCUT2D eigenvalue weighted by Crippen LogP contribution is 2.26. The first kappa shape index (κ1) is 10.5. The standard InChI is InChI=1S/C12H10N4O2/c1-16-6-8(5-13-16)11-9-4-7(12(17)18)2-3-10(9)14-15-11/h2-6H,1H3,(H,14,15)(H,17,18). The molecule has 0 radical (unpaired) electrons. The molecule has 0 spiro atoms. The van der Waals surface area contributed by atoms with Crippen LogP contribution in [0.1, 0.15) is 10.4 Å². The molecule has 18 heavy (non-hydrogen) atoms. The average molecular weight is 242 g/mol. The van der Waals surface area contributed by atoms with Gasteiger partial charge in [-0.25, -0.2) is 4.79 Å². The molecule has 0 saturated carbocycles. The fourth-order valence-electron chi connectivity index (χ4n) is 1.91. The number of nitrogens with zero attached hydrogens (tertiary/aromatic N) is 3. The van der Waals surface area contributed by atoms with Crippen molar-refractivity contribution in [3.05, 3.63) is 36.2 Å². The normalized spacial score (nSPS) is 10.9. The van der Waals surface area contributed by atoms with Crippen molar-refractivity contribution >= 4 is 16.9 Å². The summed E-state index contributed by atoms with van der Waals surface area (Å²) in [4.78, 5) is 11.0. The van der Waals surface area contributed by atoms with Gasteiger partial charge in [-0.1, -0.05) is 0 Å². The number of aromatic amines is 1. The number of rotatable bonds is 2. The molecule has 1 aromatic carbocycles. The van der Waals surface area contributed by atoms with Crippen molar-refractivity contribution in [1.29, 1.82) is 0 Å². The molecule has 6 nitrogen and oxygen atoms in total. The van der Waals surface area contributed by atoms with Crippen LogP contribution in [0.2, 0.25) is 0 Å². The summed E-state index contributed by atoms with van der Waals surface area (Å²) >= 11 is 0. The molecule has 0 aliphatic carbocycles. The number of aryl methyl sites for hydroxylation is 1. The molecule has 0 aliphatic rings. The average Bonchev–Trinajstić information content (AvgIpc) is 2.93. The van der Waals surface area contributed by atoms with Gasteiger partial charge in [0.25, 0.3) is 0 Å². The molecule has 0 fully saturated rings. The lowest BCUT2D eigenvalue weighted by Crippen LogP contribution is -1.94. The number of aromatic carboxylic acids is 1. The van der Waals surface area contributed by atoms with Crippen LogP contribution in [-0.2, 0) is 7.05 Å². The van der Waals surface area contributed by atoms with Gasteiger partial charge >= 0.3 is 5.97 Å². The van der Waals surface area contributed by atoms with Gasteiger partial charge in [-0.05, 0) is 18.2 Å². The minimum absolute atomic E-state index is 0.244. The molecule has 2 heterocycles. The number of hydrogen-bond donors (Lipinski definition) is 2. The molecule has 2 N–H and O–H groups in total. The van der Waals surface area contributed by atoms with Crippen LogP contribution in [0, 0.1) is 0 Å². The lowest BCUT2D eigenvalue weighted by molar-refractivity contribution is 0.0697. The molecular weight excluding hydrogens is 232 g/mol. The van der Waals surface area contributed by atoms with Crippen LogP contribution in [-0.4, -0.2) is 31.1 Å². The summed E-state index contributed by atoms with van der Waals surface area (Å²) in [5.74, 6) is -0.949. The summed E-state index contributed by atoms with van der Waals surface area (Å²) in [5, 5.41) is 21.0. The summed E-state index contributed by atoms with van der Waals surface area (Å²) < 4.78 is 1.68. The lowest BCUT2D eigenvalue weighted by Gasteiger charge is -1.96. The molecule has 3 rings (SSSR count). The first-order chi connectivity index (χ1) is 8.65. The highest BCUT2D eigenvalue weighted by atomic mass is 16.4. The first-order valence-electron chi connectivity index (χ1n) is 5.35. The third-order valence-electron chi connectivity index (χ3n) is 2.79. The van der Waals surface area contributed by atoms with Crippen LogP contribution in [0.5, 0.6) is 0 Å². The molecule has 0 bridgehead atoms. The summed E-state index contributed by atoms with van der Waals surface area (Å²) in [7, 11) is 1.82. The van der Waals surface area contributed by atoms with E-state index in [0.29, 0.717) is 5.69 Å². The van der Waals surface area contributed by atoms with Crippen LogP contribution in [0.4, 0.5) is 0 Å². The number of carboxylic acid groups (broad SMARTS) is 1. The summed E-state index contributed by atoms with van der Waals surface area (Å²) in [6.45, 7) is 0. The van der Waals surface area contributed by atoms with E-state index >= 15 is 0 Å². The van der Waals surface area contributed by atoms with E-state index in [2.05, 4.69) is 15.3 Å². The van der Waals surface area contributed by atoms with Crippen molar-refractivity contribution in [3.8, 4) is 11.3 Å². The number of H-pyrrole nitrogens is 1. The molecular formula is C12H10N4O2. The van der Waals surface area contributed by atoms with Crippen LogP contribution in [0.3, 0.4) is 0 Å². The van der Waals surface area contributed by atoms with Gasteiger partial charge in [0.15, 0.2) is 0 Å². The highest BCUT2D eigenvalue weighted by Gasteiger charge is 2.12. The van der Waals surface area contributed by atoms with Gasteiger partial charge in [-0.3, -0.25) is 9.78 Å². The quantitative estimate of drug-likeness (QED) is 0.715. The Labute approximate surface area is 102 Å². The van der Waals surface area contributed by atoms with Gasteiger partial charge < -0.3 is 5.11 Å². The maximum absolute atomic E-state index is 11.0. The van der Waals surface area contributed by atoms with Gasteiger partial charge in [0, 0.05) is 24.2 Å². The lowest BCUT2D eigenvalue weighted by atomic mass is 10.1. The molecule has 3 aromatic rings. The topological polar surface area (TPSA) is 83.8 Å². The second-order valence-corrected chi connectivity index (χ2v) is 4.04. The molecule has 0 atom stereocenters. The molecule has 0 unspecified atom stereocenters. The molecule has 0 amide bonds. The predicted octanol–water partition coefficient (Wildman–Crippen LogP) is 1.66. The number of fused-ring (bicyclic) bond motifs is 1. The van der Waals surface area contributed by atoms with Gasteiger partial charge in [-0.2, -0.15) is 10.2 Å². The van der Waals surface area contributed by atoms with E-state index in [1.165, 1.54) is 0 Å². The van der Waals surface area contributed by atoms with Gasteiger partial charge in [0.1, 0.15) is 5.69 Å². The second kappa shape index (κ2) is 3.69. The van der Waals surface area contributed by atoms with Crippen LogP contribution in [0.25, 0.3) is 22.2 Å². The minimum Gasteiger partial charge on any atom is -0.478 e. The molecule has 6 heteroatoms. The zero-order valence-corrected chi connectivity index (χ0v) is 9.58. The third-order valence-corrected chi connectivity index (χ3v) is 2.79. The second-order valence-electron chi connectivity index (χ2n) is 4.04. The highest BCUT2D eigenvalue weighted by molar-refractivity contribution is 5.98. The van der Waals surface area contributed by atoms with Crippen molar-refractivity contribution in [3.63, 3.8) is 0 Å². The van der Waals surface area contributed by atoms with Gasteiger partial charge in [0.05, 0.1) is 17.3 Å². The smallest absolute Gasteiger partial charge is 0.335 e. The van der Waals surface area contributed by atoms with Gasteiger partial charge in [-0.15, -0.1) is 0 Å². The van der Waals surface area contributed by atoms with Crippen molar-refractivity contribution in [1.82, 2.24) is 20.0 Å². The van der Waals surface area contributed by atoms with E-state index in [1.807, 2.05) is 13.2 Å². The Morgan fingerprint density at radius 2 is 2.28 bits per heavy atom. The Bertz CT molecular complexity index is 741. The van der Waals surface area contributed by atoms with Crippen molar-refractivity contribution in [2.24, 2.45) is 7.05 Å². The molecule has 90 valence electrons. The Morgan fingerprint density at radius 1 is 1.44 bits per heavy atom. The molecule has 2 aromatic heterocycles. The van der Waals surface area contributed by atoms with Gasteiger partial charge in [0.2, 0.25) is 0 Å². The largest absolute Gasteiger partial charge is 0.478 e. The number of nitrogens with one attached hydrogen (secondary N) is 1. The molecule has 0 saturated heterocycles. The fraction of sp³-hybridized carbons (Fsp3) is 0.0833. The summed E-state index contributed by atoms with van der Waals surface area (Å²) in [6.07, 6.45) is 3.53. The van der Waals surface area contributed by atoms with Crippen LogP contribution in [0.15, 0.2) is 30.6 Å². The number of aromatic nitrogens is 4. The summed E-state index contributed by atoms with van der Waals surface area (Å²) in [6, 6.07) is 4.88. The Kier molecular flexibility index (Phi) is 2.16. The van der Waals surface area contributed by atoms with Crippen molar-refractivity contribution < 1.29 is 9.90 Å². The Morgan fingerprint density at radius 3 is 2.94 bits per heavy atom. The fourth-order valence-corrected chi connectivity index (χ4v) is 1.91.